The van der Waals surface area contributed by atoms with E-state index in [1.54, 1.807) is 7.11 Å². The third-order valence-electron chi connectivity index (χ3n) is 4.14. The summed E-state index contributed by atoms with van der Waals surface area (Å²) in [6.45, 7) is 4.62. The highest BCUT2D eigenvalue weighted by atomic mass is 16.5. The minimum atomic E-state index is -0.00994. The standard InChI is InChI=1S/C17H26N2O2/c1-4-18-17(20)13-8-9-16(12(2)10-13)19-14-6-5-7-15(11-14)21-3/h8-10,14-15,19H,4-7,11H2,1-3H3,(H,18,20). The number of nitrogens with one attached hydrogen (secondary N) is 2. The second-order valence-corrected chi connectivity index (χ2v) is 5.75. The van der Waals surface area contributed by atoms with E-state index in [0.29, 0.717) is 18.7 Å². The van der Waals surface area contributed by atoms with E-state index in [1.807, 2.05) is 32.0 Å². The van der Waals surface area contributed by atoms with Crippen molar-refractivity contribution in [2.45, 2.75) is 51.7 Å². The lowest BCUT2D eigenvalue weighted by Gasteiger charge is -2.30. The van der Waals surface area contributed by atoms with E-state index in [9.17, 15) is 4.79 Å². The fourth-order valence-corrected chi connectivity index (χ4v) is 2.94. The van der Waals surface area contributed by atoms with Crippen molar-refractivity contribution in [3.05, 3.63) is 29.3 Å². The number of hydrogen-bond donors (Lipinski definition) is 2. The molecule has 0 radical (unpaired) electrons. The Morgan fingerprint density at radius 2 is 2.19 bits per heavy atom. The fraction of sp³-hybridized carbons (Fsp3) is 0.588. The molecule has 1 amide bonds. The predicted octanol–water partition coefficient (Wildman–Crippen LogP) is 3.11. The molecule has 4 nitrogen and oxygen atoms in total. The number of anilines is 1. The summed E-state index contributed by atoms with van der Waals surface area (Å²) in [7, 11) is 1.79. The molecular weight excluding hydrogens is 264 g/mol. The van der Waals surface area contributed by atoms with Crippen LogP contribution in [0.4, 0.5) is 5.69 Å². The normalized spacial score (nSPS) is 21.9. The van der Waals surface area contributed by atoms with Gasteiger partial charge >= 0.3 is 0 Å². The van der Waals surface area contributed by atoms with E-state index in [0.717, 1.165) is 29.7 Å². The number of carbonyl (C=O) groups is 1. The summed E-state index contributed by atoms with van der Waals surface area (Å²) in [6, 6.07) is 6.30. The molecule has 0 heterocycles. The average molecular weight is 290 g/mol. The van der Waals surface area contributed by atoms with Crippen LogP contribution in [0.2, 0.25) is 0 Å². The first-order valence-electron chi connectivity index (χ1n) is 7.82. The Balaban J connectivity index is 2.02. The molecule has 0 bridgehead atoms. The minimum Gasteiger partial charge on any atom is -0.382 e. The van der Waals surface area contributed by atoms with Gasteiger partial charge in [-0.05, 0) is 63.3 Å². The Hall–Kier alpha value is -1.55. The predicted molar refractivity (Wildman–Crippen MR) is 85.9 cm³/mol. The highest BCUT2D eigenvalue weighted by Gasteiger charge is 2.21. The molecule has 2 rings (SSSR count). The molecule has 1 aromatic carbocycles. The Kier molecular flexibility index (Phi) is 5.62. The van der Waals surface area contributed by atoms with Crippen LogP contribution in [-0.4, -0.2) is 31.7 Å². The van der Waals surface area contributed by atoms with Gasteiger partial charge in [0.25, 0.3) is 5.91 Å². The monoisotopic (exact) mass is 290 g/mol. The van der Waals surface area contributed by atoms with Gasteiger partial charge in [0.05, 0.1) is 6.10 Å². The highest BCUT2D eigenvalue weighted by Crippen LogP contribution is 2.25. The smallest absolute Gasteiger partial charge is 0.251 e. The lowest BCUT2D eigenvalue weighted by Crippen LogP contribution is -2.31. The first-order valence-corrected chi connectivity index (χ1v) is 7.82. The summed E-state index contributed by atoms with van der Waals surface area (Å²) in [6.07, 6.45) is 4.95. The van der Waals surface area contributed by atoms with Gasteiger partial charge in [0.2, 0.25) is 0 Å². The molecule has 1 saturated carbocycles. The van der Waals surface area contributed by atoms with E-state index in [-0.39, 0.29) is 5.91 Å². The molecule has 1 fully saturated rings. The van der Waals surface area contributed by atoms with Crippen molar-refractivity contribution in [3.8, 4) is 0 Å². The van der Waals surface area contributed by atoms with E-state index < -0.39 is 0 Å². The van der Waals surface area contributed by atoms with Gasteiger partial charge in [-0.25, -0.2) is 0 Å². The highest BCUT2D eigenvalue weighted by molar-refractivity contribution is 5.94. The van der Waals surface area contributed by atoms with Crippen LogP contribution in [0.3, 0.4) is 0 Å². The molecule has 2 N–H and O–H groups in total. The molecule has 2 unspecified atom stereocenters. The number of rotatable bonds is 5. The number of methoxy groups -OCH3 is 1. The Labute approximate surface area is 127 Å². The molecule has 0 spiro atoms. The number of benzene rings is 1. The Morgan fingerprint density at radius 3 is 2.86 bits per heavy atom. The van der Waals surface area contributed by atoms with Crippen molar-refractivity contribution < 1.29 is 9.53 Å². The van der Waals surface area contributed by atoms with Crippen LogP contribution in [0.1, 0.15) is 48.5 Å². The van der Waals surface area contributed by atoms with Gasteiger partial charge in [0.15, 0.2) is 0 Å². The summed E-state index contributed by atoms with van der Waals surface area (Å²) in [5.74, 6) is -0.00994. The van der Waals surface area contributed by atoms with Gasteiger partial charge in [-0.15, -0.1) is 0 Å². The van der Waals surface area contributed by atoms with Crippen molar-refractivity contribution in [1.29, 1.82) is 0 Å². The van der Waals surface area contributed by atoms with Gasteiger partial charge in [-0.2, -0.15) is 0 Å². The first kappa shape index (κ1) is 15.8. The zero-order chi connectivity index (χ0) is 15.2. The maximum atomic E-state index is 11.8. The van der Waals surface area contributed by atoms with Crippen molar-refractivity contribution in [2.75, 3.05) is 19.0 Å². The zero-order valence-corrected chi connectivity index (χ0v) is 13.2. The minimum absolute atomic E-state index is 0.00994. The summed E-state index contributed by atoms with van der Waals surface area (Å²) in [4.78, 5) is 11.8. The van der Waals surface area contributed by atoms with Gasteiger partial charge in [-0.1, -0.05) is 0 Å². The van der Waals surface area contributed by atoms with E-state index >= 15 is 0 Å². The number of hydrogen-bond acceptors (Lipinski definition) is 3. The zero-order valence-electron chi connectivity index (χ0n) is 13.2. The van der Waals surface area contributed by atoms with Gasteiger partial charge in [-0.3, -0.25) is 4.79 Å². The molecule has 1 aromatic rings. The van der Waals surface area contributed by atoms with Crippen LogP contribution in [0.25, 0.3) is 0 Å². The maximum Gasteiger partial charge on any atom is 0.251 e. The topological polar surface area (TPSA) is 50.4 Å². The summed E-state index contributed by atoms with van der Waals surface area (Å²) in [5.41, 5.74) is 2.95. The van der Waals surface area contributed by atoms with E-state index in [2.05, 4.69) is 10.6 Å². The Morgan fingerprint density at radius 1 is 1.38 bits per heavy atom. The molecule has 1 aliphatic rings. The summed E-state index contributed by atoms with van der Waals surface area (Å²) >= 11 is 0. The van der Waals surface area contributed by atoms with Crippen LogP contribution >= 0.6 is 0 Å². The molecule has 1 aliphatic carbocycles. The number of aryl methyl sites for hydroxylation is 1. The first-order chi connectivity index (χ1) is 10.1. The van der Waals surface area contributed by atoms with Crippen LogP contribution < -0.4 is 10.6 Å². The average Bonchev–Trinajstić information content (AvgIpc) is 2.49. The van der Waals surface area contributed by atoms with Gasteiger partial charge < -0.3 is 15.4 Å². The molecule has 116 valence electrons. The molecule has 0 saturated heterocycles. The number of carbonyl (C=O) groups excluding carboxylic acids is 1. The van der Waals surface area contributed by atoms with Gasteiger partial charge in [0.1, 0.15) is 0 Å². The quantitative estimate of drug-likeness (QED) is 0.876. The second-order valence-electron chi connectivity index (χ2n) is 5.75. The molecule has 0 aromatic heterocycles. The third kappa shape index (κ3) is 4.21. The van der Waals surface area contributed by atoms with Gasteiger partial charge in [0, 0.05) is 30.9 Å². The van der Waals surface area contributed by atoms with Crippen molar-refractivity contribution in [1.82, 2.24) is 5.32 Å². The Bertz CT molecular complexity index is 488. The van der Waals surface area contributed by atoms with E-state index in [4.69, 9.17) is 4.74 Å². The lowest BCUT2D eigenvalue weighted by molar-refractivity contribution is 0.0669. The number of amides is 1. The molecule has 21 heavy (non-hydrogen) atoms. The second kappa shape index (κ2) is 7.46. The summed E-state index contributed by atoms with van der Waals surface area (Å²) in [5, 5.41) is 6.43. The SMILES string of the molecule is CCNC(=O)c1ccc(NC2CCCC(OC)C2)c(C)c1. The van der Waals surface area contributed by atoms with Crippen LogP contribution in [0.5, 0.6) is 0 Å². The fourth-order valence-electron chi connectivity index (χ4n) is 2.94. The number of ether oxygens (including phenoxy) is 1. The molecule has 0 aliphatic heterocycles. The molecule has 2 atom stereocenters. The van der Waals surface area contributed by atoms with Crippen LogP contribution in [0, 0.1) is 6.92 Å². The third-order valence-corrected chi connectivity index (χ3v) is 4.14. The summed E-state index contributed by atoms with van der Waals surface area (Å²) < 4.78 is 5.47. The van der Waals surface area contributed by atoms with Crippen LogP contribution in [0.15, 0.2) is 18.2 Å². The lowest BCUT2D eigenvalue weighted by atomic mass is 9.92. The maximum absolute atomic E-state index is 11.8. The van der Waals surface area contributed by atoms with Crippen molar-refractivity contribution in [3.63, 3.8) is 0 Å². The van der Waals surface area contributed by atoms with Crippen molar-refractivity contribution >= 4 is 11.6 Å². The van der Waals surface area contributed by atoms with E-state index in [1.165, 1.54) is 12.8 Å². The van der Waals surface area contributed by atoms with Crippen molar-refractivity contribution in [2.24, 2.45) is 0 Å². The van der Waals surface area contributed by atoms with Crippen LogP contribution in [-0.2, 0) is 4.74 Å². The molecule has 4 heteroatoms. The largest absolute Gasteiger partial charge is 0.382 e. The molecular formula is C17H26N2O2.